The summed E-state index contributed by atoms with van der Waals surface area (Å²) >= 11 is 0. The Morgan fingerprint density at radius 2 is 1.21 bits per heavy atom. The quantitative estimate of drug-likeness (QED) is 0.145. The van der Waals surface area contributed by atoms with Crippen LogP contribution in [0.25, 0.3) is 0 Å². The fourth-order valence-electron chi connectivity index (χ4n) is 5.30. The molecule has 10 N–H and O–H groups in total. The van der Waals surface area contributed by atoms with Gasteiger partial charge in [-0.2, -0.15) is 0 Å². The Balaban J connectivity index is 3.19. The average molecular weight is 671 g/mol. The Kier molecular flexibility index (Phi) is 21.1. The maximum Gasteiger partial charge on any atom is 0.314 e. The molecule has 0 aromatic heterocycles. The third kappa shape index (κ3) is 17.1. The molecule has 0 saturated heterocycles. The topological polar surface area (TPSA) is 229 Å². The maximum absolute atomic E-state index is 13.1. The van der Waals surface area contributed by atoms with E-state index in [1.165, 1.54) is 13.0 Å². The van der Waals surface area contributed by atoms with E-state index in [9.17, 15) is 55.9 Å². The number of allylic oxidation sites excluding steroid dienone is 8. The molecule has 1 aliphatic rings. The maximum atomic E-state index is 13.1. The fraction of sp³-hybridized carbons (Fsp3) is 0.686. The van der Waals surface area contributed by atoms with Crippen molar-refractivity contribution in [3.63, 3.8) is 0 Å². The van der Waals surface area contributed by atoms with Gasteiger partial charge in [-0.25, -0.2) is 0 Å². The SMILES string of the molecule is CCCCC[C@H](O)[C@@H]1C(=O)O[C@H](C)[C@H](O)C=CC=CC=CC=CC=C(C)[C@H](O)[C@H](O)[C@H](O)C[C@H](O)C[C@H](O)C[C@H](O)C[C@H](O)C[C@H]1O. The van der Waals surface area contributed by atoms with Crippen LogP contribution >= 0.6 is 0 Å². The van der Waals surface area contributed by atoms with Gasteiger partial charge < -0.3 is 55.8 Å². The molecule has 0 aromatic carbocycles. The molecule has 1 rings (SSSR count). The number of esters is 1. The van der Waals surface area contributed by atoms with Crippen LogP contribution in [0.3, 0.4) is 0 Å². The molecule has 12 atom stereocenters. The fourth-order valence-corrected chi connectivity index (χ4v) is 5.30. The number of hydrogen-bond acceptors (Lipinski definition) is 12. The van der Waals surface area contributed by atoms with Gasteiger partial charge in [-0.05, 0) is 45.1 Å². The van der Waals surface area contributed by atoms with Crippen LogP contribution in [0.5, 0.6) is 0 Å². The molecule has 1 aliphatic heterocycles. The van der Waals surface area contributed by atoms with Gasteiger partial charge in [0.25, 0.3) is 0 Å². The highest BCUT2D eigenvalue weighted by atomic mass is 16.6. The summed E-state index contributed by atoms with van der Waals surface area (Å²) in [4.78, 5) is 13.1. The number of carbonyl (C=O) groups is 1. The summed E-state index contributed by atoms with van der Waals surface area (Å²) in [6.07, 6.45) is 0.559. The zero-order chi connectivity index (χ0) is 35.5. The average Bonchev–Trinajstić information content (AvgIpc) is 2.98. The van der Waals surface area contributed by atoms with Crippen molar-refractivity contribution in [1.29, 1.82) is 0 Å². The van der Waals surface area contributed by atoms with Crippen LogP contribution in [0.15, 0.2) is 60.3 Å². The third-order valence-electron chi connectivity index (χ3n) is 8.17. The number of hydrogen-bond donors (Lipinski definition) is 10. The Hall–Kier alpha value is -2.23. The second-order valence-electron chi connectivity index (χ2n) is 12.5. The lowest BCUT2D eigenvalue weighted by atomic mass is 9.87. The molecule has 0 bridgehead atoms. The number of aliphatic hydroxyl groups is 10. The van der Waals surface area contributed by atoms with Crippen molar-refractivity contribution >= 4 is 5.97 Å². The first-order chi connectivity index (χ1) is 22.2. The number of carbonyl (C=O) groups excluding carboxylic acids is 1. The van der Waals surface area contributed by atoms with E-state index in [1.54, 1.807) is 55.5 Å². The molecule has 0 aliphatic carbocycles. The Bertz CT molecular complexity index is 1020. The minimum Gasteiger partial charge on any atom is -0.459 e. The largest absolute Gasteiger partial charge is 0.459 e. The molecule has 0 unspecified atom stereocenters. The van der Waals surface area contributed by atoms with Crippen molar-refractivity contribution in [3.05, 3.63) is 60.3 Å². The van der Waals surface area contributed by atoms with Crippen molar-refractivity contribution < 1.29 is 60.6 Å². The van der Waals surface area contributed by atoms with Crippen molar-refractivity contribution in [2.75, 3.05) is 0 Å². The van der Waals surface area contributed by atoms with Crippen molar-refractivity contribution in [2.24, 2.45) is 5.92 Å². The first-order valence-electron chi connectivity index (χ1n) is 16.5. The second-order valence-corrected chi connectivity index (χ2v) is 12.5. The lowest BCUT2D eigenvalue weighted by molar-refractivity contribution is -0.168. The van der Waals surface area contributed by atoms with Crippen LogP contribution in [0, 0.1) is 5.92 Å². The molecular weight excluding hydrogens is 612 g/mol. The number of unbranched alkanes of at least 4 members (excludes halogenated alkanes) is 2. The minimum atomic E-state index is -1.61. The zero-order valence-electron chi connectivity index (χ0n) is 27.8. The summed E-state index contributed by atoms with van der Waals surface area (Å²) in [7, 11) is 0. The van der Waals surface area contributed by atoms with Gasteiger partial charge in [0.1, 0.15) is 30.3 Å². The summed E-state index contributed by atoms with van der Waals surface area (Å²) in [5, 5.41) is 105. The van der Waals surface area contributed by atoms with Gasteiger partial charge in [0.05, 0.1) is 42.7 Å². The van der Waals surface area contributed by atoms with Crippen LogP contribution in [0.1, 0.15) is 78.6 Å². The summed E-state index contributed by atoms with van der Waals surface area (Å²) in [6.45, 7) is 5.00. The third-order valence-corrected chi connectivity index (χ3v) is 8.17. The Morgan fingerprint density at radius 3 is 1.77 bits per heavy atom. The van der Waals surface area contributed by atoms with E-state index in [1.807, 2.05) is 6.92 Å². The van der Waals surface area contributed by atoms with Gasteiger partial charge >= 0.3 is 5.97 Å². The number of cyclic esters (lactones) is 1. The van der Waals surface area contributed by atoms with Gasteiger partial charge in [0, 0.05) is 12.8 Å². The smallest absolute Gasteiger partial charge is 0.314 e. The highest BCUT2D eigenvalue weighted by Gasteiger charge is 2.37. The highest BCUT2D eigenvalue weighted by Crippen LogP contribution is 2.24. The van der Waals surface area contributed by atoms with Crippen LogP contribution in [0.4, 0.5) is 0 Å². The molecule has 0 spiro atoms. The highest BCUT2D eigenvalue weighted by molar-refractivity contribution is 5.74. The molecule has 47 heavy (non-hydrogen) atoms. The van der Waals surface area contributed by atoms with E-state index in [0.29, 0.717) is 12.0 Å². The summed E-state index contributed by atoms with van der Waals surface area (Å²) < 4.78 is 5.41. The van der Waals surface area contributed by atoms with Gasteiger partial charge in [-0.15, -0.1) is 0 Å². The standard InChI is InChI=1S/C35H58O12/c1-4-5-11-16-29(41)32-30(42)20-26(38)18-24(36)17-25(37)19-27(39)21-31(43)34(45)33(44)22(2)14-12-9-7-6-8-10-13-15-28(40)23(3)47-35(32)46/h6-10,12-15,23-34,36-45H,4-5,11,16-21H2,1-3H3/t23-,24+,25-,26+,27-,28-,29+,30-,31-,32+,33+,34-/m1/s1. The first-order valence-corrected chi connectivity index (χ1v) is 16.5. The Labute approximate surface area is 278 Å². The summed E-state index contributed by atoms with van der Waals surface area (Å²) in [5.41, 5.74) is 0.357. The predicted octanol–water partition coefficient (Wildman–Crippen LogP) is 0.859. The minimum absolute atomic E-state index is 0.197. The van der Waals surface area contributed by atoms with E-state index in [2.05, 4.69) is 0 Å². The first kappa shape index (κ1) is 42.8. The van der Waals surface area contributed by atoms with Crippen molar-refractivity contribution in [1.82, 2.24) is 0 Å². The molecule has 0 radical (unpaired) electrons. The molecule has 0 amide bonds. The van der Waals surface area contributed by atoms with E-state index in [0.717, 1.165) is 12.8 Å². The van der Waals surface area contributed by atoms with Crippen molar-refractivity contribution in [2.45, 2.75) is 146 Å². The Morgan fingerprint density at radius 1 is 0.723 bits per heavy atom. The molecule has 12 heteroatoms. The summed E-state index contributed by atoms with van der Waals surface area (Å²) in [6, 6.07) is 0. The van der Waals surface area contributed by atoms with Crippen LogP contribution in [-0.4, -0.2) is 124 Å². The molecule has 270 valence electrons. The van der Waals surface area contributed by atoms with Gasteiger partial charge in [0.2, 0.25) is 0 Å². The molecular formula is C35H58O12. The van der Waals surface area contributed by atoms with Gasteiger partial charge in [0.15, 0.2) is 0 Å². The van der Waals surface area contributed by atoms with E-state index in [-0.39, 0.29) is 32.1 Å². The van der Waals surface area contributed by atoms with Gasteiger partial charge in [-0.1, -0.05) is 80.9 Å². The number of aliphatic hydroxyl groups excluding tert-OH is 10. The summed E-state index contributed by atoms with van der Waals surface area (Å²) in [5.74, 6) is -2.37. The lowest BCUT2D eigenvalue weighted by Crippen LogP contribution is -2.43. The number of rotatable bonds is 5. The molecule has 12 nitrogen and oxygen atoms in total. The molecule has 0 aromatic rings. The zero-order valence-corrected chi connectivity index (χ0v) is 27.8. The predicted molar refractivity (Wildman–Crippen MR) is 177 cm³/mol. The monoisotopic (exact) mass is 670 g/mol. The molecule has 1 heterocycles. The van der Waals surface area contributed by atoms with E-state index < -0.39 is 85.5 Å². The second kappa shape index (κ2) is 23.2. The van der Waals surface area contributed by atoms with Crippen LogP contribution in [-0.2, 0) is 9.53 Å². The molecule has 0 saturated carbocycles. The van der Waals surface area contributed by atoms with E-state index >= 15 is 0 Å². The lowest BCUT2D eigenvalue weighted by Gasteiger charge is -2.30. The van der Waals surface area contributed by atoms with Gasteiger partial charge in [-0.3, -0.25) is 4.79 Å². The molecule has 0 fully saturated rings. The van der Waals surface area contributed by atoms with Crippen LogP contribution < -0.4 is 0 Å². The normalized spacial score (nSPS) is 35.8. The number of ether oxygens (including phenoxy) is 1. The van der Waals surface area contributed by atoms with Crippen molar-refractivity contribution in [3.8, 4) is 0 Å². The van der Waals surface area contributed by atoms with Crippen LogP contribution in [0.2, 0.25) is 0 Å². The van der Waals surface area contributed by atoms with E-state index in [4.69, 9.17) is 4.74 Å².